The van der Waals surface area contributed by atoms with Crippen LogP contribution in [0.4, 0.5) is 0 Å². The molecular weight excluding hydrogens is 1640 g/mol. The number of para-hydroxylation sites is 5. The highest BCUT2D eigenvalue weighted by atomic mass is 35.5. The van der Waals surface area contributed by atoms with Crippen LogP contribution in [0.15, 0.2) is 420 Å². The molecule has 13 nitrogen and oxygen atoms in total. The Kier molecular flexibility index (Phi) is 20.7. The molecule has 1 aliphatic rings. The van der Waals surface area contributed by atoms with Crippen LogP contribution in [0, 0.1) is 0 Å². The van der Waals surface area contributed by atoms with Crippen LogP contribution in [0.1, 0.15) is 27.7 Å². The molecule has 1 fully saturated rings. The topological polar surface area (TPSA) is 145 Å². The summed E-state index contributed by atoms with van der Waals surface area (Å²) in [4.78, 5) is 28.4. The lowest BCUT2D eigenvalue weighted by Gasteiger charge is -2.32. The Morgan fingerprint density at radius 2 is 0.608 bits per heavy atom. The third kappa shape index (κ3) is 14.8. The van der Waals surface area contributed by atoms with Gasteiger partial charge in [0.2, 0.25) is 22.4 Å². The molecule has 24 aromatic rings. The Hall–Kier alpha value is -15.7. The highest BCUT2D eigenvalue weighted by Gasteiger charge is 2.52. The van der Waals surface area contributed by atoms with E-state index >= 15 is 0 Å². The molecule has 0 aliphatic carbocycles. The van der Waals surface area contributed by atoms with Crippen molar-refractivity contribution in [3.8, 4) is 101 Å². The summed E-state index contributed by atoms with van der Waals surface area (Å²) in [6.07, 6.45) is 0. The molecule has 0 saturated carbocycles. The largest absolute Gasteiger partial charge is 0.495 e. The smallest absolute Gasteiger partial charge is 0.438 e. The first-order chi connectivity index (χ1) is 63.8. The molecule has 16 heteroatoms. The van der Waals surface area contributed by atoms with Crippen molar-refractivity contribution in [2.75, 3.05) is 0 Å². The van der Waals surface area contributed by atoms with Gasteiger partial charge in [-0.3, -0.25) is 0 Å². The normalized spacial score (nSPS) is 12.9. The van der Waals surface area contributed by atoms with Crippen molar-refractivity contribution in [3.05, 3.63) is 417 Å². The van der Waals surface area contributed by atoms with Crippen molar-refractivity contribution in [2.24, 2.45) is 0 Å². The summed E-state index contributed by atoms with van der Waals surface area (Å²) in [5.41, 5.74) is 25.7. The number of fused-ring (bicyclic) bond motifs is 15. The van der Waals surface area contributed by atoms with Crippen LogP contribution in [0.5, 0.6) is 0 Å². The Morgan fingerprint density at radius 1 is 0.254 bits per heavy atom. The van der Waals surface area contributed by atoms with E-state index in [1.165, 1.54) is 54.8 Å². The molecular formula is C114H79BCl2N8O5. The van der Waals surface area contributed by atoms with E-state index in [1.54, 1.807) is 0 Å². The minimum atomic E-state index is -0.427. The molecule has 25 rings (SSSR count). The van der Waals surface area contributed by atoms with Crippen LogP contribution in [0.2, 0.25) is 10.3 Å². The maximum Gasteiger partial charge on any atom is 0.495 e. The van der Waals surface area contributed by atoms with Crippen LogP contribution in [0.25, 0.3) is 211 Å². The fourth-order valence-electron chi connectivity index (χ4n) is 17.9. The molecule has 1 aliphatic heterocycles. The molecule has 0 bridgehead atoms. The second-order valence-corrected chi connectivity index (χ2v) is 34.0. The molecule has 130 heavy (non-hydrogen) atoms. The van der Waals surface area contributed by atoms with Crippen molar-refractivity contribution in [3.63, 3.8) is 0 Å². The molecule has 0 N–H and O–H groups in total. The molecule has 622 valence electrons. The first kappa shape index (κ1) is 80.2. The van der Waals surface area contributed by atoms with Gasteiger partial charge in [0.1, 0.15) is 16.7 Å². The SMILES string of the molecule is CC1(C)OB(c2cccc3c2c2cc(-c4ccccc4)ccc2n3-c2ccccc2)OC1(C)C.Clc1cccc(-c2nc(-c3ccccc3)c3c(n2)oc2ccccc23)c1.Clc1nc(-c2ccccc2)c2c(n1)oc1ccccc12.c1ccc(-c2ccc3c(c2)c2c(-c4cccc(-c5nc(-c6ccccc6)c6c(n5)oc5ccccc56)c4)cccc2n3-c2ccccc2)cc1. The fourth-order valence-corrected chi connectivity index (χ4v) is 18.2. The van der Waals surface area contributed by atoms with Crippen molar-refractivity contribution >= 4 is 146 Å². The van der Waals surface area contributed by atoms with Gasteiger partial charge in [-0.2, -0.15) is 15.0 Å². The second kappa shape index (κ2) is 33.6. The summed E-state index contributed by atoms with van der Waals surface area (Å²) in [5, 5.41) is 11.4. The van der Waals surface area contributed by atoms with Crippen molar-refractivity contribution in [2.45, 2.75) is 38.9 Å². The van der Waals surface area contributed by atoms with Gasteiger partial charge >= 0.3 is 7.12 Å². The van der Waals surface area contributed by atoms with Crippen molar-refractivity contribution < 1.29 is 22.6 Å². The zero-order valence-electron chi connectivity index (χ0n) is 71.1. The highest BCUT2D eigenvalue weighted by Crippen LogP contribution is 2.46. The van der Waals surface area contributed by atoms with Crippen LogP contribution < -0.4 is 5.46 Å². The highest BCUT2D eigenvalue weighted by molar-refractivity contribution is 6.66. The number of halogens is 2. The summed E-state index contributed by atoms with van der Waals surface area (Å²) < 4.78 is 35.8. The van der Waals surface area contributed by atoms with E-state index in [2.05, 4.69) is 288 Å². The number of aromatic nitrogens is 8. The second-order valence-electron chi connectivity index (χ2n) is 33.2. The number of rotatable bonds is 11. The number of hydrogen-bond acceptors (Lipinski definition) is 11. The summed E-state index contributed by atoms with van der Waals surface area (Å²) in [5.74, 6) is 1.22. The zero-order chi connectivity index (χ0) is 87.6. The average molecular weight is 1720 g/mol. The molecule has 0 radical (unpaired) electrons. The van der Waals surface area contributed by atoms with Crippen molar-refractivity contribution in [1.29, 1.82) is 0 Å². The summed E-state index contributed by atoms with van der Waals surface area (Å²) >= 11 is 12.2. The molecule has 9 heterocycles. The summed E-state index contributed by atoms with van der Waals surface area (Å²) in [7, 11) is -0.427. The molecule has 0 amide bonds. The lowest BCUT2D eigenvalue weighted by Crippen LogP contribution is -2.41. The van der Waals surface area contributed by atoms with E-state index in [4.69, 9.17) is 60.7 Å². The monoisotopic (exact) mass is 1720 g/mol. The molecule has 1 saturated heterocycles. The van der Waals surface area contributed by atoms with Crippen molar-refractivity contribution in [1.82, 2.24) is 39.0 Å². The Morgan fingerprint density at radius 3 is 1.06 bits per heavy atom. The minimum absolute atomic E-state index is 0.190. The maximum absolute atomic E-state index is 6.51. The van der Waals surface area contributed by atoms with Gasteiger partial charge < -0.3 is 31.7 Å². The van der Waals surface area contributed by atoms with Crippen LogP contribution in [-0.4, -0.2) is 57.4 Å². The van der Waals surface area contributed by atoms with E-state index < -0.39 is 18.3 Å². The third-order valence-corrected chi connectivity index (χ3v) is 25.1. The summed E-state index contributed by atoms with van der Waals surface area (Å²) in [6, 6.07) is 139. The van der Waals surface area contributed by atoms with Gasteiger partial charge in [0.15, 0.2) is 11.6 Å². The number of furan rings is 3. The molecule has 8 aromatic heterocycles. The van der Waals surface area contributed by atoms with E-state index in [-0.39, 0.29) is 5.28 Å². The Bertz CT molecular complexity index is 8380. The number of benzene rings is 16. The van der Waals surface area contributed by atoms with Gasteiger partial charge in [-0.1, -0.05) is 321 Å². The fraction of sp³-hybridized carbons (Fsp3) is 0.0526. The zero-order valence-corrected chi connectivity index (χ0v) is 72.6. The lowest BCUT2D eigenvalue weighted by molar-refractivity contribution is 0.00578. The maximum atomic E-state index is 6.51. The van der Waals surface area contributed by atoms with Gasteiger partial charge in [0.05, 0.1) is 66.5 Å². The average Bonchev–Trinajstić information content (AvgIpc) is 1.54. The van der Waals surface area contributed by atoms with Gasteiger partial charge in [-0.15, -0.1) is 0 Å². The predicted octanol–water partition coefficient (Wildman–Crippen LogP) is 30.0. The number of hydrogen-bond donors (Lipinski definition) is 0. The summed E-state index contributed by atoms with van der Waals surface area (Å²) in [6.45, 7) is 8.42. The molecule has 0 unspecified atom stereocenters. The van der Waals surface area contributed by atoms with E-state index in [0.29, 0.717) is 33.8 Å². The van der Waals surface area contributed by atoms with E-state index in [1.807, 2.05) is 170 Å². The lowest BCUT2D eigenvalue weighted by atomic mass is 9.76. The quantitative estimate of drug-likeness (QED) is 0.0901. The van der Waals surface area contributed by atoms with E-state index in [9.17, 15) is 0 Å². The number of nitrogens with zero attached hydrogens (tertiary/aromatic N) is 8. The van der Waals surface area contributed by atoms with E-state index in [0.717, 1.165) is 133 Å². The molecule has 0 spiro atoms. The molecule has 0 atom stereocenters. The third-order valence-electron chi connectivity index (χ3n) is 24.7. The van der Waals surface area contributed by atoms with Gasteiger partial charge in [-0.25, -0.2) is 15.0 Å². The Labute approximate surface area is 758 Å². The standard InChI is InChI=1S/C46H29N3O.C30H28BNO2.C22H13ClN2O.C16H9ClN2O/c1-4-14-30(15-5-1)32-26-27-39-38(29-32)42-36(23-13-24-40(42)49(39)35-20-8-3-9-21-35)33-18-12-19-34(28-33)45-47-44(31-16-6-2-7-17-31)43-37-22-10-11-25-41(37)50-46(43)48-45;1-29(2)30(3,4)34-31(33-29)25-16-11-17-27-28(25)24-20-22(21-12-7-5-8-13-21)18-19-26(24)32(27)23-14-9-6-10-15-23;23-16-10-6-9-15(13-16)21-24-20(14-7-2-1-3-8-14)19-17-11-4-5-12-18(17)26-22(19)25-21;17-16-18-14(10-6-2-1-3-7-10)13-11-8-4-5-9-12(11)20-15(13)19-16/h1-29H;5-20H,1-4H3;1-13H;1-9H. The van der Waals surface area contributed by atoms with Gasteiger partial charge in [0.25, 0.3) is 0 Å². The van der Waals surface area contributed by atoms with Crippen LogP contribution in [0.3, 0.4) is 0 Å². The van der Waals surface area contributed by atoms with Gasteiger partial charge in [0, 0.05) is 81.9 Å². The van der Waals surface area contributed by atoms with Crippen LogP contribution >= 0.6 is 23.2 Å². The van der Waals surface area contributed by atoms with Gasteiger partial charge in [-0.05, 0) is 175 Å². The first-order valence-electron chi connectivity index (χ1n) is 43.3. The van der Waals surface area contributed by atoms with Crippen LogP contribution in [-0.2, 0) is 9.31 Å². The predicted molar refractivity (Wildman–Crippen MR) is 532 cm³/mol. The minimum Gasteiger partial charge on any atom is -0.438 e. The molecule has 16 aromatic carbocycles. The Balaban J connectivity index is 0.000000108. The first-order valence-corrected chi connectivity index (χ1v) is 44.0.